The van der Waals surface area contributed by atoms with Crippen molar-refractivity contribution in [1.82, 2.24) is 10.2 Å². The Hall–Kier alpha value is -2.95. The van der Waals surface area contributed by atoms with Crippen molar-refractivity contribution in [3.8, 4) is 0 Å². The van der Waals surface area contributed by atoms with Gasteiger partial charge in [-0.1, -0.05) is 60.7 Å². The summed E-state index contributed by atoms with van der Waals surface area (Å²) in [4.78, 5) is 38.4. The van der Waals surface area contributed by atoms with Crippen LogP contribution in [0.1, 0.15) is 11.1 Å². The van der Waals surface area contributed by atoms with Gasteiger partial charge in [-0.05, 0) is 24.0 Å². The zero-order valence-corrected chi connectivity index (χ0v) is 13.4. The number of carbonyl (C=O) groups excluding carboxylic acids is 3. The third-order valence-electron chi connectivity index (χ3n) is 4.37. The molecule has 0 bridgehead atoms. The minimum absolute atomic E-state index is 0.241. The Bertz CT molecular complexity index is 730. The lowest BCUT2D eigenvalue weighted by atomic mass is 9.73. The molecule has 1 fully saturated rings. The molecule has 5 nitrogen and oxygen atoms in total. The third kappa shape index (κ3) is 2.80. The molecule has 122 valence electrons. The zero-order chi connectivity index (χ0) is 17.2. The highest BCUT2D eigenvalue weighted by molar-refractivity contribution is 6.19. The fourth-order valence-corrected chi connectivity index (χ4v) is 3.07. The zero-order valence-electron chi connectivity index (χ0n) is 13.4. The molecule has 5 heteroatoms. The van der Waals surface area contributed by atoms with Gasteiger partial charge in [-0.3, -0.25) is 19.8 Å². The highest BCUT2D eigenvalue weighted by Crippen LogP contribution is 2.33. The van der Waals surface area contributed by atoms with Crippen LogP contribution in [0.25, 0.3) is 0 Å². The number of rotatable bonds is 4. The number of urea groups is 1. The van der Waals surface area contributed by atoms with Crippen LogP contribution < -0.4 is 5.32 Å². The summed E-state index contributed by atoms with van der Waals surface area (Å²) in [6.45, 7) is 0. The molecular weight excluding hydrogens is 304 g/mol. The van der Waals surface area contributed by atoms with Gasteiger partial charge in [0, 0.05) is 7.05 Å². The van der Waals surface area contributed by atoms with E-state index in [0.29, 0.717) is 0 Å². The van der Waals surface area contributed by atoms with E-state index >= 15 is 0 Å². The lowest BCUT2D eigenvalue weighted by Crippen LogP contribution is -2.64. The number of benzene rings is 2. The van der Waals surface area contributed by atoms with E-state index in [1.165, 1.54) is 7.05 Å². The average molecular weight is 322 g/mol. The summed E-state index contributed by atoms with van der Waals surface area (Å²) < 4.78 is 0. The van der Waals surface area contributed by atoms with Gasteiger partial charge in [-0.2, -0.15) is 0 Å². The molecule has 1 N–H and O–H groups in total. The van der Waals surface area contributed by atoms with Gasteiger partial charge in [0.05, 0.1) is 0 Å². The summed E-state index contributed by atoms with van der Waals surface area (Å²) in [5, 5.41) is 2.32. The fourth-order valence-electron chi connectivity index (χ4n) is 3.07. The van der Waals surface area contributed by atoms with E-state index in [2.05, 4.69) is 5.32 Å². The molecule has 1 heterocycles. The molecule has 1 saturated heterocycles. The van der Waals surface area contributed by atoms with Gasteiger partial charge in [0.25, 0.3) is 0 Å². The lowest BCUT2D eigenvalue weighted by Gasteiger charge is -2.38. The second kappa shape index (κ2) is 6.28. The van der Waals surface area contributed by atoms with Crippen LogP contribution in [0.15, 0.2) is 60.7 Å². The number of imide groups is 2. The first-order valence-electron chi connectivity index (χ1n) is 7.74. The maximum Gasteiger partial charge on any atom is 0.330 e. The molecular formula is C19H18N2O3. The van der Waals surface area contributed by atoms with Gasteiger partial charge in [0.15, 0.2) is 0 Å². The van der Waals surface area contributed by atoms with Crippen molar-refractivity contribution in [2.45, 2.75) is 12.8 Å². The maximum absolute atomic E-state index is 12.9. The second-order valence-corrected chi connectivity index (χ2v) is 6.03. The summed E-state index contributed by atoms with van der Waals surface area (Å²) in [6.07, 6.45) is 0.482. The van der Waals surface area contributed by atoms with Crippen molar-refractivity contribution in [2.75, 3.05) is 7.05 Å². The molecule has 0 aromatic heterocycles. The van der Waals surface area contributed by atoms with Crippen LogP contribution in [-0.2, 0) is 22.4 Å². The highest BCUT2D eigenvalue weighted by atomic mass is 16.2. The number of amides is 4. The monoisotopic (exact) mass is 322 g/mol. The van der Waals surface area contributed by atoms with E-state index in [0.717, 1.165) is 16.0 Å². The van der Waals surface area contributed by atoms with E-state index in [4.69, 9.17) is 0 Å². The number of nitrogens with one attached hydrogen (secondary N) is 1. The molecule has 4 amide bonds. The highest BCUT2D eigenvalue weighted by Gasteiger charge is 2.52. The summed E-state index contributed by atoms with van der Waals surface area (Å²) >= 11 is 0. The molecule has 0 spiro atoms. The first kappa shape index (κ1) is 15.9. The van der Waals surface area contributed by atoms with Crippen LogP contribution in [-0.4, -0.2) is 29.8 Å². The summed E-state index contributed by atoms with van der Waals surface area (Å²) in [6, 6.07) is 18.1. The molecule has 0 aliphatic carbocycles. The van der Waals surface area contributed by atoms with Crippen molar-refractivity contribution in [2.24, 2.45) is 5.41 Å². The van der Waals surface area contributed by atoms with Crippen molar-refractivity contribution in [3.05, 3.63) is 71.8 Å². The molecule has 0 unspecified atom stereocenters. The van der Waals surface area contributed by atoms with E-state index in [-0.39, 0.29) is 12.8 Å². The molecule has 2 aromatic rings. The molecule has 0 atom stereocenters. The van der Waals surface area contributed by atoms with Gasteiger partial charge in [-0.15, -0.1) is 0 Å². The number of carbonyl (C=O) groups is 3. The number of barbiturate groups is 1. The van der Waals surface area contributed by atoms with Gasteiger partial charge in [0.1, 0.15) is 5.41 Å². The second-order valence-electron chi connectivity index (χ2n) is 6.03. The predicted molar refractivity (Wildman–Crippen MR) is 89.0 cm³/mol. The number of nitrogens with zero attached hydrogens (tertiary/aromatic N) is 1. The van der Waals surface area contributed by atoms with Crippen LogP contribution in [0.5, 0.6) is 0 Å². The molecule has 1 aliphatic heterocycles. The van der Waals surface area contributed by atoms with Gasteiger partial charge < -0.3 is 0 Å². The van der Waals surface area contributed by atoms with Crippen LogP contribution in [0.4, 0.5) is 4.79 Å². The minimum Gasteiger partial charge on any atom is -0.277 e. The van der Waals surface area contributed by atoms with E-state index in [1.54, 1.807) is 0 Å². The molecule has 1 aliphatic rings. The van der Waals surface area contributed by atoms with Gasteiger partial charge in [0.2, 0.25) is 11.8 Å². The molecule has 0 radical (unpaired) electrons. The molecule has 2 aromatic carbocycles. The normalized spacial score (nSPS) is 16.9. The van der Waals surface area contributed by atoms with Crippen LogP contribution in [0.2, 0.25) is 0 Å². The SMILES string of the molecule is CN1C(=O)NC(=O)C(Cc2ccccc2)(Cc2ccccc2)C1=O. The van der Waals surface area contributed by atoms with Crippen molar-refractivity contribution in [3.63, 3.8) is 0 Å². The Morgan fingerprint density at radius 3 is 1.75 bits per heavy atom. The third-order valence-corrected chi connectivity index (χ3v) is 4.37. The first-order valence-corrected chi connectivity index (χ1v) is 7.74. The first-order chi connectivity index (χ1) is 11.5. The number of hydrogen-bond donors (Lipinski definition) is 1. The van der Waals surface area contributed by atoms with Crippen molar-refractivity contribution in [1.29, 1.82) is 0 Å². The smallest absolute Gasteiger partial charge is 0.277 e. The summed E-state index contributed by atoms with van der Waals surface area (Å²) in [5.41, 5.74) is 0.421. The standard InChI is InChI=1S/C19H18N2O3/c1-21-17(23)19(16(22)20-18(21)24,12-14-8-4-2-5-9-14)13-15-10-6-3-7-11-15/h2-11H,12-13H2,1H3,(H,20,22,24). The Morgan fingerprint density at radius 1 is 0.833 bits per heavy atom. The summed E-state index contributed by atoms with van der Waals surface area (Å²) in [7, 11) is 1.40. The predicted octanol–water partition coefficient (Wildman–Crippen LogP) is 2.17. The topological polar surface area (TPSA) is 66.5 Å². The Labute approximate surface area is 140 Å². The molecule has 24 heavy (non-hydrogen) atoms. The average Bonchev–Trinajstić information content (AvgIpc) is 2.60. The maximum atomic E-state index is 12.9. The molecule has 3 rings (SSSR count). The van der Waals surface area contributed by atoms with Crippen LogP contribution in [0.3, 0.4) is 0 Å². The Kier molecular flexibility index (Phi) is 4.16. The largest absolute Gasteiger partial charge is 0.330 e. The van der Waals surface area contributed by atoms with E-state index in [9.17, 15) is 14.4 Å². The fraction of sp³-hybridized carbons (Fsp3) is 0.211. The van der Waals surface area contributed by atoms with Crippen molar-refractivity contribution < 1.29 is 14.4 Å². The van der Waals surface area contributed by atoms with Crippen LogP contribution in [0, 0.1) is 5.41 Å². The summed E-state index contributed by atoms with van der Waals surface area (Å²) in [5.74, 6) is -1.01. The van der Waals surface area contributed by atoms with Crippen LogP contribution >= 0.6 is 0 Å². The molecule has 0 saturated carbocycles. The Balaban J connectivity index is 2.04. The lowest BCUT2D eigenvalue weighted by molar-refractivity contribution is -0.150. The van der Waals surface area contributed by atoms with Gasteiger partial charge in [-0.25, -0.2) is 4.79 Å². The minimum atomic E-state index is -1.33. The quantitative estimate of drug-likeness (QED) is 0.877. The van der Waals surface area contributed by atoms with Crippen molar-refractivity contribution >= 4 is 17.8 Å². The van der Waals surface area contributed by atoms with Gasteiger partial charge >= 0.3 is 6.03 Å². The number of hydrogen-bond acceptors (Lipinski definition) is 3. The van der Waals surface area contributed by atoms with E-state index < -0.39 is 23.3 Å². The van der Waals surface area contributed by atoms with E-state index in [1.807, 2.05) is 60.7 Å². The Morgan fingerprint density at radius 2 is 1.29 bits per heavy atom.